The number of rotatable bonds is 4. The van der Waals surface area contributed by atoms with Crippen molar-refractivity contribution >= 4 is 0 Å². The zero-order valence-electron chi connectivity index (χ0n) is 11.4. The highest BCUT2D eigenvalue weighted by Crippen LogP contribution is 2.30. The maximum atomic E-state index is 6.01. The standard InChI is InChI=1S/C14H26O2/c1-6-12-10-15-14(4,5)16-13(12)9-7-8-11(2)3/h8,12-13H,6-7,9-10H2,1-5H3/t12-,13+/m1/s1. The Kier molecular flexibility index (Phi) is 5.00. The molecule has 2 atom stereocenters. The first-order chi connectivity index (χ1) is 7.44. The van der Waals surface area contributed by atoms with Gasteiger partial charge in [0, 0.05) is 5.92 Å². The van der Waals surface area contributed by atoms with E-state index in [9.17, 15) is 0 Å². The van der Waals surface area contributed by atoms with Crippen molar-refractivity contribution in [1.82, 2.24) is 0 Å². The molecule has 2 nitrogen and oxygen atoms in total. The Balaban J connectivity index is 2.49. The molecule has 1 fully saturated rings. The Morgan fingerprint density at radius 2 is 2.06 bits per heavy atom. The molecule has 0 saturated carbocycles. The normalized spacial score (nSPS) is 28.8. The van der Waals surface area contributed by atoms with E-state index in [1.54, 1.807) is 0 Å². The van der Waals surface area contributed by atoms with Gasteiger partial charge in [-0.1, -0.05) is 18.6 Å². The molecule has 0 amide bonds. The summed E-state index contributed by atoms with van der Waals surface area (Å²) < 4.78 is 11.7. The third kappa shape index (κ3) is 4.26. The second-order valence-corrected chi connectivity index (χ2v) is 5.39. The van der Waals surface area contributed by atoms with Gasteiger partial charge in [0.2, 0.25) is 0 Å². The van der Waals surface area contributed by atoms with Gasteiger partial charge >= 0.3 is 0 Å². The van der Waals surface area contributed by atoms with Gasteiger partial charge in [-0.25, -0.2) is 0 Å². The van der Waals surface area contributed by atoms with Gasteiger partial charge in [0.1, 0.15) is 0 Å². The van der Waals surface area contributed by atoms with Crippen LogP contribution in [0.25, 0.3) is 0 Å². The fraction of sp³-hybridized carbons (Fsp3) is 0.857. The largest absolute Gasteiger partial charge is 0.350 e. The van der Waals surface area contributed by atoms with Gasteiger partial charge in [0.15, 0.2) is 5.79 Å². The van der Waals surface area contributed by atoms with Crippen LogP contribution in [0.2, 0.25) is 0 Å². The highest BCUT2D eigenvalue weighted by Gasteiger charge is 2.34. The summed E-state index contributed by atoms with van der Waals surface area (Å²) in [5.41, 5.74) is 1.39. The lowest BCUT2D eigenvalue weighted by molar-refractivity contribution is -0.293. The summed E-state index contributed by atoms with van der Waals surface area (Å²) in [5, 5.41) is 0. The van der Waals surface area contributed by atoms with Crippen molar-refractivity contribution in [3.8, 4) is 0 Å². The van der Waals surface area contributed by atoms with Crippen molar-refractivity contribution in [3.63, 3.8) is 0 Å². The minimum absolute atomic E-state index is 0.351. The minimum Gasteiger partial charge on any atom is -0.350 e. The van der Waals surface area contributed by atoms with Crippen LogP contribution in [0.5, 0.6) is 0 Å². The Hall–Kier alpha value is -0.340. The van der Waals surface area contributed by atoms with E-state index in [-0.39, 0.29) is 0 Å². The van der Waals surface area contributed by atoms with Crippen LogP contribution in [0.3, 0.4) is 0 Å². The first-order valence-corrected chi connectivity index (χ1v) is 6.39. The highest BCUT2D eigenvalue weighted by atomic mass is 16.7. The van der Waals surface area contributed by atoms with Gasteiger partial charge in [-0.3, -0.25) is 0 Å². The average molecular weight is 226 g/mol. The minimum atomic E-state index is -0.401. The molecular formula is C14H26O2. The van der Waals surface area contributed by atoms with E-state index in [4.69, 9.17) is 9.47 Å². The summed E-state index contributed by atoms with van der Waals surface area (Å²) in [5.74, 6) is 0.153. The highest BCUT2D eigenvalue weighted by molar-refractivity contribution is 4.93. The molecule has 0 aromatic heterocycles. The first kappa shape index (κ1) is 13.7. The zero-order chi connectivity index (χ0) is 12.2. The fourth-order valence-corrected chi connectivity index (χ4v) is 2.12. The second-order valence-electron chi connectivity index (χ2n) is 5.39. The summed E-state index contributed by atoms with van der Waals surface area (Å²) in [6.07, 6.45) is 5.99. The van der Waals surface area contributed by atoms with Gasteiger partial charge in [0.05, 0.1) is 12.7 Å². The Labute approximate surface area is 100 Å². The molecular weight excluding hydrogens is 200 g/mol. The van der Waals surface area contributed by atoms with Gasteiger partial charge in [0.25, 0.3) is 0 Å². The lowest BCUT2D eigenvalue weighted by Crippen LogP contribution is -2.45. The van der Waals surface area contributed by atoms with Gasteiger partial charge in [-0.05, 0) is 47.0 Å². The SMILES string of the molecule is CC[C@@H]1COC(C)(C)O[C@H]1CCC=C(C)C. The van der Waals surface area contributed by atoms with E-state index >= 15 is 0 Å². The van der Waals surface area contributed by atoms with Crippen molar-refractivity contribution in [2.24, 2.45) is 5.92 Å². The lowest BCUT2D eigenvalue weighted by Gasteiger charge is -2.41. The molecule has 0 bridgehead atoms. The molecule has 1 aliphatic heterocycles. The van der Waals surface area contributed by atoms with E-state index < -0.39 is 5.79 Å². The van der Waals surface area contributed by atoms with Crippen LogP contribution >= 0.6 is 0 Å². The van der Waals surface area contributed by atoms with Crippen LogP contribution in [-0.4, -0.2) is 18.5 Å². The smallest absolute Gasteiger partial charge is 0.163 e. The van der Waals surface area contributed by atoms with Gasteiger partial charge < -0.3 is 9.47 Å². The monoisotopic (exact) mass is 226 g/mol. The third-order valence-electron chi connectivity index (χ3n) is 3.13. The summed E-state index contributed by atoms with van der Waals surface area (Å²) in [7, 11) is 0. The summed E-state index contributed by atoms with van der Waals surface area (Å²) in [6, 6.07) is 0. The van der Waals surface area contributed by atoms with Crippen LogP contribution in [0.1, 0.15) is 53.9 Å². The van der Waals surface area contributed by atoms with Crippen molar-refractivity contribution in [2.45, 2.75) is 65.8 Å². The Morgan fingerprint density at radius 3 is 2.62 bits per heavy atom. The van der Waals surface area contributed by atoms with E-state index in [0.717, 1.165) is 25.9 Å². The molecule has 1 aliphatic rings. The van der Waals surface area contributed by atoms with Crippen molar-refractivity contribution in [1.29, 1.82) is 0 Å². The predicted octanol–water partition coefficient (Wildman–Crippen LogP) is 3.91. The maximum absolute atomic E-state index is 6.01. The van der Waals surface area contributed by atoms with Gasteiger partial charge in [-0.15, -0.1) is 0 Å². The van der Waals surface area contributed by atoms with E-state index in [1.807, 2.05) is 13.8 Å². The van der Waals surface area contributed by atoms with E-state index in [1.165, 1.54) is 5.57 Å². The summed E-state index contributed by atoms with van der Waals surface area (Å²) in [4.78, 5) is 0. The molecule has 94 valence electrons. The molecule has 0 aliphatic carbocycles. The molecule has 0 aromatic carbocycles. The number of allylic oxidation sites excluding steroid dienone is 2. The number of hydrogen-bond acceptors (Lipinski definition) is 2. The lowest BCUT2D eigenvalue weighted by atomic mass is 9.94. The predicted molar refractivity (Wildman–Crippen MR) is 67.4 cm³/mol. The number of hydrogen-bond donors (Lipinski definition) is 0. The van der Waals surface area contributed by atoms with Crippen LogP contribution in [-0.2, 0) is 9.47 Å². The van der Waals surface area contributed by atoms with Crippen LogP contribution in [0.15, 0.2) is 11.6 Å². The average Bonchev–Trinajstić information content (AvgIpc) is 2.16. The summed E-state index contributed by atoms with van der Waals surface area (Å²) in [6.45, 7) is 11.4. The van der Waals surface area contributed by atoms with Crippen molar-refractivity contribution in [2.75, 3.05) is 6.61 Å². The molecule has 2 heteroatoms. The first-order valence-electron chi connectivity index (χ1n) is 6.39. The molecule has 0 radical (unpaired) electrons. The quantitative estimate of drug-likeness (QED) is 0.677. The van der Waals surface area contributed by atoms with Gasteiger partial charge in [-0.2, -0.15) is 0 Å². The number of ether oxygens (including phenoxy) is 2. The van der Waals surface area contributed by atoms with Crippen LogP contribution in [0, 0.1) is 5.92 Å². The third-order valence-corrected chi connectivity index (χ3v) is 3.13. The van der Waals surface area contributed by atoms with Crippen LogP contribution in [0.4, 0.5) is 0 Å². The molecule has 16 heavy (non-hydrogen) atoms. The Morgan fingerprint density at radius 1 is 1.38 bits per heavy atom. The van der Waals surface area contributed by atoms with Crippen molar-refractivity contribution in [3.05, 3.63) is 11.6 Å². The molecule has 1 rings (SSSR count). The van der Waals surface area contributed by atoms with Crippen molar-refractivity contribution < 1.29 is 9.47 Å². The molecule has 0 aromatic rings. The zero-order valence-corrected chi connectivity index (χ0v) is 11.4. The van der Waals surface area contributed by atoms with E-state index in [2.05, 4.69) is 26.8 Å². The molecule has 0 N–H and O–H groups in total. The molecule has 0 spiro atoms. The molecule has 0 unspecified atom stereocenters. The molecule has 1 saturated heterocycles. The maximum Gasteiger partial charge on any atom is 0.163 e. The Bertz CT molecular complexity index is 239. The van der Waals surface area contributed by atoms with Crippen LogP contribution < -0.4 is 0 Å². The summed E-state index contributed by atoms with van der Waals surface area (Å²) >= 11 is 0. The topological polar surface area (TPSA) is 18.5 Å². The molecule has 1 heterocycles. The fourth-order valence-electron chi connectivity index (χ4n) is 2.12. The second kappa shape index (κ2) is 5.83. The van der Waals surface area contributed by atoms with E-state index in [0.29, 0.717) is 12.0 Å².